The van der Waals surface area contributed by atoms with Gasteiger partial charge in [0.25, 0.3) is 0 Å². The molecule has 0 bridgehead atoms. The molecule has 106 valence electrons. The maximum absolute atomic E-state index is 3.58. The van der Waals surface area contributed by atoms with Gasteiger partial charge in [0.2, 0.25) is 0 Å². The molecule has 2 aliphatic rings. The number of nitrogens with one attached hydrogen (secondary N) is 1. The molecule has 2 nitrogen and oxygen atoms in total. The monoisotopic (exact) mass is 252 g/mol. The van der Waals surface area contributed by atoms with Crippen molar-refractivity contribution in [2.75, 3.05) is 19.6 Å². The summed E-state index contributed by atoms with van der Waals surface area (Å²) in [5.74, 6) is 0.854. The molecule has 0 radical (unpaired) electrons. The SMILES string of the molecule is C[C@@H]1CCC[C@H](C)N1CC(C)(C)C1CCCNC1. The van der Waals surface area contributed by atoms with Crippen LogP contribution in [0.2, 0.25) is 0 Å². The van der Waals surface area contributed by atoms with Crippen molar-refractivity contribution in [3.63, 3.8) is 0 Å². The quantitative estimate of drug-likeness (QED) is 0.829. The Bertz CT molecular complexity index is 246. The van der Waals surface area contributed by atoms with E-state index in [2.05, 4.69) is 37.9 Å². The third-order valence-electron chi connectivity index (χ3n) is 5.37. The van der Waals surface area contributed by atoms with E-state index >= 15 is 0 Å². The minimum absolute atomic E-state index is 0.452. The van der Waals surface area contributed by atoms with Crippen molar-refractivity contribution in [1.29, 1.82) is 0 Å². The number of piperidine rings is 2. The fourth-order valence-corrected chi connectivity index (χ4v) is 3.90. The normalized spacial score (nSPS) is 35.7. The van der Waals surface area contributed by atoms with Crippen molar-refractivity contribution >= 4 is 0 Å². The molecule has 0 aromatic carbocycles. The van der Waals surface area contributed by atoms with Crippen molar-refractivity contribution in [2.24, 2.45) is 11.3 Å². The molecule has 2 saturated heterocycles. The van der Waals surface area contributed by atoms with Crippen LogP contribution in [0.1, 0.15) is 59.8 Å². The lowest BCUT2D eigenvalue weighted by molar-refractivity contribution is 0.0297. The minimum Gasteiger partial charge on any atom is -0.316 e. The Kier molecular flexibility index (Phi) is 4.71. The van der Waals surface area contributed by atoms with E-state index in [1.165, 1.54) is 51.7 Å². The van der Waals surface area contributed by atoms with Crippen LogP contribution in [0.4, 0.5) is 0 Å². The first-order valence-electron chi connectivity index (χ1n) is 7.97. The summed E-state index contributed by atoms with van der Waals surface area (Å²) < 4.78 is 0. The van der Waals surface area contributed by atoms with E-state index in [1.807, 2.05) is 0 Å². The van der Waals surface area contributed by atoms with Gasteiger partial charge >= 0.3 is 0 Å². The molecule has 0 spiro atoms. The van der Waals surface area contributed by atoms with Crippen LogP contribution in [-0.2, 0) is 0 Å². The van der Waals surface area contributed by atoms with Gasteiger partial charge in [0.1, 0.15) is 0 Å². The molecular formula is C16H32N2. The highest BCUT2D eigenvalue weighted by Gasteiger charge is 2.35. The maximum Gasteiger partial charge on any atom is 0.00699 e. The molecular weight excluding hydrogens is 220 g/mol. The van der Waals surface area contributed by atoms with Gasteiger partial charge in [-0.05, 0) is 64.0 Å². The maximum atomic E-state index is 3.58. The van der Waals surface area contributed by atoms with Crippen LogP contribution in [0.5, 0.6) is 0 Å². The van der Waals surface area contributed by atoms with Gasteiger partial charge in [-0.1, -0.05) is 20.3 Å². The summed E-state index contributed by atoms with van der Waals surface area (Å²) in [4.78, 5) is 2.78. The summed E-state index contributed by atoms with van der Waals surface area (Å²) in [6.07, 6.45) is 6.98. The highest BCUT2D eigenvalue weighted by Crippen LogP contribution is 2.35. The number of nitrogens with zero attached hydrogens (tertiary/aromatic N) is 1. The van der Waals surface area contributed by atoms with Gasteiger partial charge in [-0.3, -0.25) is 4.90 Å². The molecule has 0 aromatic rings. The zero-order valence-corrected chi connectivity index (χ0v) is 12.8. The van der Waals surface area contributed by atoms with Crippen molar-refractivity contribution in [3.05, 3.63) is 0 Å². The average Bonchev–Trinajstić information content (AvgIpc) is 2.35. The third-order valence-corrected chi connectivity index (χ3v) is 5.37. The Hall–Kier alpha value is -0.0800. The molecule has 2 rings (SSSR count). The summed E-state index contributed by atoms with van der Waals surface area (Å²) in [6, 6.07) is 1.56. The van der Waals surface area contributed by atoms with Crippen molar-refractivity contribution < 1.29 is 0 Å². The topological polar surface area (TPSA) is 15.3 Å². The first kappa shape index (κ1) is 14.3. The van der Waals surface area contributed by atoms with Gasteiger partial charge in [-0.2, -0.15) is 0 Å². The van der Waals surface area contributed by atoms with Gasteiger partial charge in [-0.15, -0.1) is 0 Å². The first-order chi connectivity index (χ1) is 8.50. The Morgan fingerprint density at radius 2 is 1.72 bits per heavy atom. The molecule has 0 saturated carbocycles. The number of rotatable bonds is 3. The lowest BCUT2D eigenvalue weighted by atomic mass is 9.74. The second-order valence-electron chi connectivity index (χ2n) is 7.33. The molecule has 1 unspecified atom stereocenters. The fraction of sp³-hybridized carbons (Fsp3) is 1.00. The van der Waals surface area contributed by atoms with E-state index in [4.69, 9.17) is 0 Å². The third kappa shape index (κ3) is 3.27. The lowest BCUT2D eigenvalue weighted by Crippen LogP contribution is -2.51. The summed E-state index contributed by atoms with van der Waals surface area (Å²) in [7, 11) is 0. The molecule has 0 aromatic heterocycles. The van der Waals surface area contributed by atoms with Gasteiger partial charge in [0.05, 0.1) is 0 Å². The number of hydrogen-bond donors (Lipinski definition) is 1. The number of likely N-dealkylation sites (tertiary alicyclic amines) is 1. The number of hydrogen-bond acceptors (Lipinski definition) is 2. The Balaban J connectivity index is 1.96. The molecule has 3 atom stereocenters. The Labute approximate surface area is 114 Å². The van der Waals surface area contributed by atoms with Gasteiger partial charge in [0.15, 0.2) is 0 Å². The highest BCUT2D eigenvalue weighted by molar-refractivity contribution is 4.89. The van der Waals surface area contributed by atoms with E-state index in [-0.39, 0.29) is 0 Å². The summed E-state index contributed by atoms with van der Waals surface area (Å²) >= 11 is 0. The van der Waals surface area contributed by atoms with Crippen LogP contribution >= 0.6 is 0 Å². The Morgan fingerprint density at radius 3 is 2.28 bits per heavy atom. The summed E-state index contributed by atoms with van der Waals surface area (Å²) in [6.45, 7) is 13.5. The zero-order chi connectivity index (χ0) is 13.2. The van der Waals surface area contributed by atoms with E-state index in [0.29, 0.717) is 5.41 Å². The summed E-state index contributed by atoms with van der Waals surface area (Å²) in [5, 5.41) is 3.58. The second-order valence-corrected chi connectivity index (χ2v) is 7.33. The van der Waals surface area contributed by atoms with Crippen molar-refractivity contribution in [2.45, 2.75) is 71.9 Å². The molecule has 18 heavy (non-hydrogen) atoms. The van der Waals surface area contributed by atoms with Crippen molar-refractivity contribution in [1.82, 2.24) is 10.2 Å². The largest absolute Gasteiger partial charge is 0.316 e. The fourth-order valence-electron chi connectivity index (χ4n) is 3.90. The van der Waals surface area contributed by atoms with Gasteiger partial charge in [-0.25, -0.2) is 0 Å². The van der Waals surface area contributed by atoms with E-state index in [1.54, 1.807) is 0 Å². The first-order valence-corrected chi connectivity index (χ1v) is 7.97. The van der Waals surface area contributed by atoms with Crippen LogP contribution in [0.3, 0.4) is 0 Å². The van der Waals surface area contributed by atoms with E-state index < -0.39 is 0 Å². The lowest BCUT2D eigenvalue weighted by Gasteiger charge is -2.46. The van der Waals surface area contributed by atoms with Crippen LogP contribution < -0.4 is 5.32 Å². The second kappa shape index (κ2) is 5.92. The van der Waals surface area contributed by atoms with E-state index in [0.717, 1.165) is 18.0 Å². The summed E-state index contributed by atoms with van der Waals surface area (Å²) in [5.41, 5.74) is 0.452. The smallest absolute Gasteiger partial charge is 0.00699 e. The molecule has 0 amide bonds. The standard InChI is InChI=1S/C16H32N2/c1-13-7-5-8-14(2)18(13)12-16(3,4)15-9-6-10-17-11-15/h13-15,17H,5-12H2,1-4H3/t13-,14+,15?. The highest BCUT2D eigenvalue weighted by atomic mass is 15.2. The molecule has 2 aliphatic heterocycles. The minimum atomic E-state index is 0.452. The molecule has 1 N–H and O–H groups in total. The van der Waals surface area contributed by atoms with Crippen LogP contribution in [0.25, 0.3) is 0 Å². The Morgan fingerprint density at radius 1 is 1.06 bits per heavy atom. The predicted molar refractivity (Wildman–Crippen MR) is 78.9 cm³/mol. The molecule has 2 heteroatoms. The average molecular weight is 252 g/mol. The molecule has 2 heterocycles. The molecule has 0 aliphatic carbocycles. The van der Waals surface area contributed by atoms with Crippen LogP contribution in [0, 0.1) is 11.3 Å². The molecule has 2 fully saturated rings. The van der Waals surface area contributed by atoms with Crippen LogP contribution in [-0.4, -0.2) is 36.6 Å². The van der Waals surface area contributed by atoms with Gasteiger partial charge < -0.3 is 5.32 Å². The van der Waals surface area contributed by atoms with Crippen molar-refractivity contribution in [3.8, 4) is 0 Å². The van der Waals surface area contributed by atoms with Crippen LogP contribution in [0.15, 0.2) is 0 Å². The van der Waals surface area contributed by atoms with Gasteiger partial charge in [0, 0.05) is 18.6 Å². The zero-order valence-electron chi connectivity index (χ0n) is 12.8. The predicted octanol–water partition coefficient (Wildman–Crippen LogP) is 3.28. The van der Waals surface area contributed by atoms with E-state index in [9.17, 15) is 0 Å².